The van der Waals surface area contributed by atoms with Gasteiger partial charge in [-0.15, -0.1) is 0 Å². The number of piperidine rings is 1. The van der Waals surface area contributed by atoms with Crippen LogP contribution in [0.4, 0.5) is 13.2 Å². The van der Waals surface area contributed by atoms with Gasteiger partial charge < -0.3 is 14.4 Å². The fraction of sp³-hybridized carbons (Fsp3) is 0.750. The molecule has 0 unspecified atom stereocenters. The molecule has 6 nitrogen and oxygen atoms in total. The van der Waals surface area contributed by atoms with Gasteiger partial charge in [-0.25, -0.2) is 4.79 Å². The van der Waals surface area contributed by atoms with Gasteiger partial charge in [0, 0.05) is 31.1 Å². The highest BCUT2D eigenvalue weighted by Crippen LogP contribution is 2.33. The number of fused-ring (bicyclic) bond motifs is 1. The third-order valence-electron chi connectivity index (χ3n) is 4.60. The topological polar surface area (TPSA) is 75.8 Å². The molecule has 1 aromatic heterocycles. The summed E-state index contributed by atoms with van der Waals surface area (Å²) in [5, 5.41) is 11.2. The molecule has 9 heteroatoms. The van der Waals surface area contributed by atoms with Gasteiger partial charge in [0.1, 0.15) is 5.76 Å². The average molecular weight is 364 g/mol. The molecule has 3 atom stereocenters. The Bertz CT molecular complexity index is 583. The Hall–Kier alpha value is -1.61. The van der Waals surface area contributed by atoms with Crippen LogP contribution in [0.15, 0.2) is 4.52 Å². The normalized spacial score (nSPS) is 26.7. The van der Waals surface area contributed by atoms with Crippen LogP contribution >= 0.6 is 0 Å². The Balaban J connectivity index is 0.000000277. The van der Waals surface area contributed by atoms with Crippen LogP contribution < -0.4 is 0 Å². The molecule has 25 heavy (non-hydrogen) atoms. The first-order valence-electron chi connectivity index (χ1n) is 8.17. The summed E-state index contributed by atoms with van der Waals surface area (Å²) in [6.07, 6.45) is -1.76. The van der Waals surface area contributed by atoms with Crippen molar-refractivity contribution in [2.24, 2.45) is 5.92 Å². The molecule has 0 bridgehead atoms. The fourth-order valence-electron chi connectivity index (χ4n) is 3.37. The maximum absolute atomic E-state index is 10.6. The Labute approximate surface area is 143 Å². The van der Waals surface area contributed by atoms with Crippen molar-refractivity contribution in [1.29, 1.82) is 0 Å². The van der Waals surface area contributed by atoms with Crippen molar-refractivity contribution in [3.63, 3.8) is 0 Å². The van der Waals surface area contributed by atoms with Crippen LogP contribution in [0, 0.1) is 19.8 Å². The predicted octanol–water partition coefficient (Wildman–Crippen LogP) is 2.92. The van der Waals surface area contributed by atoms with Crippen molar-refractivity contribution in [2.45, 2.75) is 58.5 Å². The van der Waals surface area contributed by atoms with E-state index < -0.39 is 12.1 Å². The lowest BCUT2D eigenvalue weighted by Crippen LogP contribution is -2.40. The molecule has 3 heterocycles. The van der Waals surface area contributed by atoms with Gasteiger partial charge in [0.05, 0.1) is 17.9 Å². The number of aliphatic carboxylic acids is 1. The molecule has 2 aliphatic heterocycles. The van der Waals surface area contributed by atoms with E-state index in [1.165, 1.54) is 18.4 Å². The van der Waals surface area contributed by atoms with Gasteiger partial charge in [0.15, 0.2) is 0 Å². The number of alkyl halides is 3. The largest absolute Gasteiger partial charge is 0.490 e. The number of aromatic nitrogens is 1. The molecule has 0 amide bonds. The van der Waals surface area contributed by atoms with E-state index in [1.807, 2.05) is 13.8 Å². The van der Waals surface area contributed by atoms with E-state index in [-0.39, 0.29) is 0 Å². The number of ether oxygens (including phenoxy) is 1. The minimum absolute atomic E-state index is 0.444. The molecule has 2 aliphatic rings. The molecule has 2 fully saturated rings. The van der Waals surface area contributed by atoms with E-state index in [0.717, 1.165) is 31.1 Å². The molecule has 1 aromatic rings. The second-order valence-electron chi connectivity index (χ2n) is 6.61. The smallest absolute Gasteiger partial charge is 0.475 e. The maximum Gasteiger partial charge on any atom is 0.490 e. The zero-order valence-electron chi connectivity index (χ0n) is 14.5. The molecule has 3 rings (SSSR count). The standard InChI is InChI=1S/C14H22N2O2.C2HF3O2/c1-9-6-12-7-16(5-4-14(12)17-9)8-13-10(2)15-18-11(13)3;3-2(4,5)1(6)7/h9,12,14H,4-8H2,1-3H3;(H,6,7)/t9-,12-,14+;/m0./s1. The van der Waals surface area contributed by atoms with E-state index in [0.29, 0.717) is 18.1 Å². The summed E-state index contributed by atoms with van der Waals surface area (Å²) in [6, 6.07) is 0. The van der Waals surface area contributed by atoms with Crippen LogP contribution in [0.5, 0.6) is 0 Å². The van der Waals surface area contributed by atoms with E-state index in [9.17, 15) is 13.2 Å². The van der Waals surface area contributed by atoms with Crippen molar-refractivity contribution in [2.75, 3.05) is 13.1 Å². The first-order chi connectivity index (χ1) is 11.6. The van der Waals surface area contributed by atoms with E-state index in [4.69, 9.17) is 19.2 Å². The third kappa shape index (κ3) is 5.18. The van der Waals surface area contributed by atoms with E-state index >= 15 is 0 Å². The molecule has 0 saturated carbocycles. The number of hydrogen-bond acceptors (Lipinski definition) is 5. The van der Waals surface area contributed by atoms with Crippen LogP contribution in [0.1, 0.15) is 36.8 Å². The number of nitrogens with zero attached hydrogens (tertiary/aromatic N) is 2. The quantitative estimate of drug-likeness (QED) is 0.870. The molecule has 0 aromatic carbocycles. The predicted molar refractivity (Wildman–Crippen MR) is 82.0 cm³/mol. The highest BCUT2D eigenvalue weighted by Gasteiger charge is 2.38. The molecule has 0 spiro atoms. The molecule has 0 aliphatic carbocycles. The van der Waals surface area contributed by atoms with Gasteiger partial charge in [0.25, 0.3) is 0 Å². The summed E-state index contributed by atoms with van der Waals surface area (Å²) < 4.78 is 42.9. The summed E-state index contributed by atoms with van der Waals surface area (Å²) >= 11 is 0. The highest BCUT2D eigenvalue weighted by molar-refractivity contribution is 5.73. The summed E-state index contributed by atoms with van der Waals surface area (Å²) in [6.45, 7) is 9.47. The van der Waals surface area contributed by atoms with Crippen LogP contribution in [-0.4, -0.2) is 52.6 Å². The Kier molecular flexibility index (Phi) is 6.10. The lowest BCUT2D eigenvalue weighted by molar-refractivity contribution is -0.192. The second kappa shape index (κ2) is 7.74. The van der Waals surface area contributed by atoms with Crippen molar-refractivity contribution >= 4 is 5.97 Å². The lowest BCUT2D eigenvalue weighted by Gasteiger charge is -2.33. The van der Waals surface area contributed by atoms with Gasteiger partial charge in [-0.3, -0.25) is 4.90 Å². The maximum atomic E-state index is 10.6. The number of hydrogen-bond donors (Lipinski definition) is 1. The van der Waals surface area contributed by atoms with Crippen molar-refractivity contribution in [1.82, 2.24) is 10.1 Å². The second-order valence-corrected chi connectivity index (χ2v) is 6.61. The first-order valence-corrected chi connectivity index (χ1v) is 8.17. The number of aryl methyl sites for hydroxylation is 2. The number of carboxylic acid groups (broad SMARTS) is 1. The number of rotatable bonds is 2. The fourth-order valence-corrected chi connectivity index (χ4v) is 3.37. The van der Waals surface area contributed by atoms with Crippen LogP contribution in [0.3, 0.4) is 0 Å². The minimum Gasteiger partial charge on any atom is -0.475 e. The van der Waals surface area contributed by atoms with Gasteiger partial charge in [0.2, 0.25) is 0 Å². The van der Waals surface area contributed by atoms with Gasteiger partial charge in [-0.1, -0.05) is 5.16 Å². The molecular formula is C16H23F3N2O4. The summed E-state index contributed by atoms with van der Waals surface area (Å²) in [4.78, 5) is 11.4. The van der Waals surface area contributed by atoms with Crippen LogP contribution in [0.25, 0.3) is 0 Å². The Morgan fingerprint density at radius 2 is 2.04 bits per heavy atom. The Morgan fingerprint density at radius 1 is 1.40 bits per heavy atom. The molecule has 0 radical (unpaired) electrons. The van der Waals surface area contributed by atoms with Gasteiger partial charge in [-0.05, 0) is 33.6 Å². The monoisotopic (exact) mass is 364 g/mol. The molecule has 142 valence electrons. The molecule has 2 saturated heterocycles. The number of likely N-dealkylation sites (tertiary alicyclic amines) is 1. The molecule has 1 N–H and O–H groups in total. The zero-order valence-corrected chi connectivity index (χ0v) is 14.5. The van der Waals surface area contributed by atoms with E-state index in [1.54, 1.807) is 0 Å². The van der Waals surface area contributed by atoms with Crippen molar-refractivity contribution in [3.8, 4) is 0 Å². The van der Waals surface area contributed by atoms with Crippen LogP contribution in [-0.2, 0) is 16.1 Å². The highest BCUT2D eigenvalue weighted by atomic mass is 19.4. The Morgan fingerprint density at radius 3 is 2.56 bits per heavy atom. The van der Waals surface area contributed by atoms with Crippen molar-refractivity contribution in [3.05, 3.63) is 17.0 Å². The lowest BCUT2D eigenvalue weighted by atomic mass is 9.93. The summed E-state index contributed by atoms with van der Waals surface area (Å²) in [5.41, 5.74) is 2.30. The van der Waals surface area contributed by atoms with E-state index in [2.05, 4.69) is 17.0 Å². The summed E-state index contributed by atoms with van der Waals surface area (Å²) in [7, 11) is 0. The zero-order chi connectivity index (χ0) is 18.8. The van der Waals surface area contributed by atoms with Crippen LogP contribution in [0.2, 0.25) is 0 Å². The number of halogens is 3. The average Bonchev–Trinajstić information content (AvgIpc) is 3.02. The number of carboxylic acids is 1. The SMILES string of the molecule is Cc1noc(C)c1CN1CC[C@H]2O[C@@H](C)C[C@H]2C1.O=C(O)C(F)(F)F. The first kappa shape index (κ1) is 19.7. The summed E-state index contributed by atoms with van der Waals surface area (Å²) in [5.74, 6) is -1.08. The minimum atomic E-state index is -5.08. The third-order valence-corrected chi connectivity index (χ3v) is 4.60. The molecular weight excluding hydrogens is 341 g/mol. The number of carbonyl (C=O) groups is 1. The van der Waals surface area contributed by atoms with Gasteiger partial charge in [-0.2, -0.15) is 13.2 Å². The van der Waals surface area contributed by atoms with Gasteiger partial charge >= 0.3 is 12.1 Å². The van der Waals surface area contributed by atoms with Crippen molar-refractivity contribution < 1.29 is 32.3 Å².